The number of hydrogen-bond donors (Lipinski definition) is 0. The SMILES string of the molecule is C=C(C)/C=C(\C(=C)F)C(F)(F)F.CC. The predicted octanol–water partition coefficient (Wildman–Crippen LogP) is 4.56. The Balaban J connectivity index is 0. The Kier molecular flexibility index (Phi) is 7.05. The number of alkyl halides is 3. The fourth-order valence-corrected chi connectivity index (χ4v) is 0.560. The Labute approximate surface area is 81.6 Å². The molecule has 0 aliphatic heterocycles. The molecule has 0 saturated carbocycles. The Bertz CT molecular complexity index is 233. The van der Waals surface area contributed by atoms with E-state index in [1.165, 1.54) is 6.92 Å². The fourth-order valence-electron chi connectivity index (χ4n) is 0.560. The van der Waals surface area contributed by atoms with Crippen LogP contribution in [0.25, 0.3) is 0 Å². The monoisotopic (exact) mass is 210 g/mol. The summed E-state index contributed by atoms with van der Waals surface area (Å²) in [7, 11) is 0. The molecule has 14 heavy (non-hydrogen) atoms. The summed E-state index contributed by atoms with van der Waals surface area (Å²) in [5, 5.41) is 0. The molecule has 0 spiro atoms. The van der Waals surface area contributed by atoms with Crippen molar-refractivity contribution in [3.8, 4) is 0 Å². The van der Waals surface area contributed by atoms with Crippen LogP contribution >= 0.6 is 0 Å². The first kappa shape index (κ1) is 15.4. The van der Waals surface area contributed by atoms with Crippen molar-refractivity contribution in [1.82, 2.24) is 0 Å². The number of rotatable bonds is 2. The summed E-state index contributed by atoms with van der Waals surface area (Å²) in [4.78, 5) is 0. The van der Waals surface area contributed by atoms with Crippen LogP contribution in [-0.4, -0.2) is 6.18 Å². The summed E-state index contributed by atoms with van der Waals surface area (Å²) in [6.07, 6.45) is -4.09. The van der Waals surface area contributed by atoms with Gasteiger partial charge in [0, 0.05) is 0 Å². The lowest BCUT2D eigenvalue weighted by molar-refractivity contribution is -0.0910. The van der Waals surface area contributed by atoms with E-state index in [0.29, 0.717) is 6.08 Å². The van der Waals surface area contributed by atoms with E-state index in [0.717, 1.165) is 0 Å². The molecule has 0 aromatic heterocycles. The molecule has 0 nitrogen and oxygen atoms in total. The molecule has 0 unspecified atom stereocenters. The maximum atomic E-state index is 12.2. The van der Waals surface area contributed by atoms with Gasteiger partial charge in [-0.15, -0.1) is 0 Å². The summed E-state index contributed by atoms with van der Waals surface area (Å²) in [6, 6.07) is 0. The van der Waals surface area contributed by atoms with Crippen molar-refractivity contribution in [2.24, 2.45) is 0 Å². The standard InChI is InChI=1S/C8H8F4.C2H6/c1-5(2)4-7(6(3)9)8(10,11)12;1-2/h4H,1,3H2,2H3;1-2H3/b7-4+;. The summed E-state index contributed by atoms with van der Waals surface area (Å²) >= 11 is 0. The van der Waals surface area contributed by atoms with Crippen molar-refractivity contribution in [1.29, 1.82) is 0 Å². The molecule has 0 rings (SSSR count). The number of allylic oxidation sites excluding steroid dienone is 4. The van der Waals surface area contributed by atoms with Gasteiger partial charge in [0.1, 0.15) is 5.83 Å². The second kappa shape index (κ2) is 6.40. The van der Waals surface area contributed by atoms with Gasteiger partial charge in [0.2, 0.25) is 0 Å². The van der Waals surface area contributed by atoms with Gasteiger partial charge in [0.05, 0.1) is 5.57 Å². The molecule has 4 heteroatoms. The van der Waals surface area contributed by atoms with Gasteiger partial charge >= 0.3 is 6.18 Å². The molecular formula is C10H14F4. The average molecular weight is 210 g/mol. The molecular weight excluding hydrogens is 196 g/mol. The van der Waals surface area contributed by atoms with Gasteiger partial charge in [-0.3, -0.25) is 0 Å². The topological polar surface area (TPSA) is 0 Å². The zero-order chi connectivity index (χ0) is 11.9. The van der Waals surface area contributed by atoms with Crippen molar-refractivity contribution in [2.45, 2.75) is 26.9 Å². The molecule has 0 aromatic rings. The maximum Gasteiger partial charge on any atom is 0.419 e. The van der Waals surface area contributed by atoms with E-state index in [-0.39, 0.29) is 5.57 Å². The average Bonchev–Trinajstić information content (AvgIpc) is 2.01. The Morgan fingerprint density at radius 1 is 1.14 bits per heavy atom. The second-order valence-corrected chi connectivity index (χ2v) is 2.31. The highest BCUT2D eigenvalue weighted by atomic mass is 19.4. The molecule has 0 bridgehead atoms. The highest BCUT2D eigenvalue weighted by molar-refractivity contribution is 5.33. The molecule has 0 aliphatic carbocycles. The Morgan fingerprint density at radius 3 is 1.57 bits per heavy atom. The highest BCUT2D eigenvalue weighted by Gasteiger charge is 2.35. The van der Waals surface area contributed by atoms with Crippen molar-refractivity contribution in [2.75, 3.05) is 0 Å². The smallest absolute Gasteiger partial charge is 0.207 e. The fraction of sp³-hybridized carbons (Fsp3) is 0.400. The maximum absolute atomic E-state index is 12.2. The lowest BCUT2D eigenvalue weighted by Crippen LogP contribution is -2.12. The van der Waals surface area contributed by atoms with Gasteiger partial charge in [-0.1, -0.05) is 32.6 Å². The first-order chi connectivity index (χ1) is 6.25. The molecule has 0 heterocycles. The molecule has 0 radical (unpaired) electrons. The van der Waals surface area contributed by atoms with E-state index in [9.17, 15) is 17.6 Å². The van der Waals surface area contributed by atoms with Crippen LogP contribution < -0.4 is 0 Å². The third-order valence-corrected chi connectivity index (χ3v) is 0.988. The molecule has 0 aromatic carbocycles. The van der Waals surface area contributed by atoms with Gasteiger partial charge in [-0.05, 0) is 13.0 Å². The van der Waals surface area contributed by atoms with Crippen molar-refractivity contribution in [3.05, 3.63) is 36.2 Å². The minimum Gasteiger partial charge on any atom is -0.207 e. The summed E-state index contributed by atoms with van der Waals surface area (Å²) in [6.45, 7) is 11.1. The summed E-state index contributed by atoms with van der Waals surface area (Å²) in [5.74, 6) is -1.49. The normalized spacial score (nSPS) is 11.5. The van der Waals surface area contributed by atoms with E-state index in [1.54, 1.807) is 0 Å². The largest absolute Gasteiger partial charge is 0.419 e. The first-order valence-electron chi connectivity index (χ1n) is 4.04. The van der Waals surface area contributed by atoms with Crippen molar-refractivity contribution >= 4 is 0 Å². The molecule has 0 fully saturated rings. The summed E-state index contributed by atoms with van der Waals surface area (Å²) in [5.41, 5.74) is -1.25. The summed E-state index contributed by atoms with van der Waals surface area (Å²) < 4.78 is 48.0. The van der Waals surface area contributed by atoms with Crippen LogP contribution in [0, 0.1) is 0 Å². The van der Waals surface area contributed by atoms with Crippen LogP contribution in [0.5, 0.6) is 0 Å². The van der Waals surface area contributed by atoms with Crippen LogP contribution in [0.1, 0.15) is 20.8 Å². The van der Waals surface area contributed by atoms with E-state index in [2.05, 4.69) is 13.2 Å². The van der Waals surface area contributed by atoms with Crippen LogP contribution in [0.4, 0.5) is 17.6 Å². The van der Waals surface area contributed by atoms with Gasteiger partial charge in [-0.2, -0.15) is 13.2 Å². The minimum absolute atomic E-state index is 0.126. The van der Waals surface area contributed by atoms with E-state index in [4.69, 9.17) is 0 Å². The van der Waals surface area contributed by atoms with E-state index < -0.39 is 17.6 Å². The third-order valence-electron chi connectivity index (χ3n) is 0.988. The Morgan fingerprint density at radius 2 is 1.50 bits per heavy atom. The van der Waals surface area contributed by atoms with Gasteiger partial charge in [0.25, 0.3) is 0 Å². The molecule has 0 N–H and O–H groups in total. The van der Waals surface area contributed by atoms with E-state index in [1.807, 2.05) is 13.8 Å². The molecule has 82 valence electrons. The van der Waals surface area contributed by atoms with Crippen molar-refractivity contribution < 1.29 is 17.6 Å². The van der Waals surface area contributed by atoms with Crippen LogP contribution in [0.2, 0.25) is 0 Å². The van der Waals surface area contributed by atoms with Crippen LogP contribution in [-0.2, 0) is 0 Å². The first-order valence-corrected chi connectivity index (χ1v) is 4.04. The molecule has 0 aliphatic rings. The zero-order valence-corrected chi connectivity index (χ0v) is 8.50. The molecule has 0 amide bonds. The van der Waals surface area contributed by atoms with Crippen molar-refractivity contribution in [3.63, 3.8) is 0 Å². The van der Waals surface area contributed by atoms with Gasteiger partial charge in [0.15, 0.2) is 0 Å². The predicted molar refractivity (Wildman–Crippen MR) is 50.5 cm³/mol. The third kappa shape index (κ3) is 6.46. The lowest BCUT2D eigenvalue weighted by atomic mass is 10.1. The van der Waals surface area contributed by atoms with Gasteiger partial charge < -0.3 is 0 Å². The number of hydrogen-bond acceptors (Lipinski definition) is 0. The highest BCUT2D eigenvalue weighted by Crippen LogP contribution is 2.31. The molecule has 0 saturated heterocycles. The quantitative estimate of drug-likeness (QED) is 0.463. The second-order valence-electron chi connectivity index (χ2n) is 2.31. The van der Waals surface area contributed by atoms with Crippen LogP contribution in [0.15, 0.2) is 36.2 Å². The number of halogens is 4. The van der Waals surface area contributed by atoms with Gasteiger partial charge in [-0.25, -0.2) is 4.39 Å². The minimum atomic E-state index is -4.70. The lowest BCUT2D eigenvalue weighted by Gasteiger charge is -2.08. The molecule has 0 atom stereocenters. The Hall–Kier alpha value is -1.06. The zero-order valence-electron chi connectivity index (χ0n) is 8.50. The van der Waals surface area contributed by atoms with Crippen LogP contribution in [0.3, 0.4) is 0 Å². The van der Waals surface area contributed by atoms with E-state index >= 15 is 0 Å².